The van der Waals surface area contributed by atoms with E-state index in [0.717, 1.165) is 74.5 Å². The molecule has 7 rings (SSSR count). The molecule has 1 N–H and O–H groups in total. The molecule has 6 heteroatoms. The van der Waals surface area contributed by atoms with Crippen LogP contribution in [0.1, 0.15) is 43.3 Å². The highest BCUT2D eigenvalue weighted by atomic mass is 32.1. The average molecular weight is 536 g/mol. The van der Waals surface area contributed by atoms with E-state index in [1.807, 2.05) is 42.5 Å². The van der Waals surface area contributed by atoms with Crippen molar-refractivity contribution >= 4 is 52.0 Å². The number of aliphatic imine (C=N–C) groups is 1. The monoisotopic (exact) mass is 535 g/mol. The predicted molar refractivity (Wildman–Crippen MR) is 167 cm³/mol. The molecule has 0 radical (unpaired) electrons. The van der Waals surface area contributed by atoms with E-state index in [0.29, 0.717) is 12.1 Å². The van der Waals surface area contributed by atoms with Crippen LogP contribution in [0.4, 0.5) is 0 Å². The Bertz CT molecular complexity index is 1910. The van der Waals surface area contributed by atoms with Gasteiger partial charge in [0, 0.05) is 21.9 Å². The van der Waals surface area contributed by atoms with E-state index in [-0.39, 0.29) is 5.71 Å². The van der Waals surface area contributed by atoms with Crippen LogP contribution in [-0.2, 0) is 0 Å². The summed E-state index contributed by atoms with van der Waals surface area (Å²) in [5.74, 6) is 6.94. The summed E-state index contributed by atoms with van der Waals surface area (Å²) in [6, 6.07) is 18.3. The van der Waals surface area contributed by atoms with Crippen molar-refractivity contribution in [1.29, 1.82) is 5.41 Å². The lowest BCUT2D eigenvalue weighted by atomic mass is 9.65. The van der Waals surface area contributed by atoms with E-state index < -0.39 is 5.41 Å². The van der Waals surface area contributed by atoms with Crippen LogP contribution in [0.15, 0.2) is 111 Å². The van der Waals surface area contributed by atoms with E-state index in [1.165, 1.54) is 0 Å². The molecule has 0 saturated heterocycles. The third-order valence-corrected chi connectivity index (χ3v) is 8.17. The van der Waals surface area contributed by atoms with Crippen LogP contribution in [0.25, 0.3) is 22.0 Å². The fraction of sp³-hybridized carbons (Fsp3) is 0.147. The molecule has 1 aromatic heterocycles. The number of hydrogen-bond donors (Lipinski definition) is 2. The maximum atomic E-state index is 8.53. The molecule has 1 aliphatic heterocycles. The normalized spacial score (nSPS) is 22.6. The maximum absolute atomic E-state index is 8.53. The molecule has 5 nitrogen and oxygen atoms in total. The summed E-state index contributed by atoms with van der Waals surface area (Å²) in [4.78, 5) is 15.3. The SMILES string of the molecule is CC12CC=C(c3nc(C4=CC=CCC4)nc4ccccc34)C=C1N=C(c1ccccc1)C1=C2C(=NS)C(=N)C#C1. The number of allylic oxidation sites excluding steroid dienone is 9. The summed E-state index contributed by atoms with van der Waals surface area (Å²) in [6.07, 6.45) is 13.3. The molecule has 192 valence electrons. The van der Waals surface area contributed by atoms with E-state index in [9.17, 15) is 0 Å². The number of hydrogen-bond acceptors (Lipinski definition) is 6. The number of rotatable bonds is 3. The summed E-state index contributed by atoms with van der Waals surface area (Å²) in [5, 5.41) is 9.54. The van der Waals surface area contributed by atoms with Crippen LogP contribution in [0.2, 0.25) is 0 Å². The maximum Gasteiger partial charge on any atom is 0.156 e. The first kappa shape index (κ1) is 24.4. The Labute approximate surface area is 238 Å². The highest BCUT2D eigenvalue weighted by Gasteiger charge is 2.45. The first-order chi connectivity index (χ1) is 19.6. The van der Waals surface area contributed by atoms with Crippen molar-refractivity contribution in [3.8, 4) is 11.8 Å². The summed E-state index contributed by atoms with van der Waals surface area (Å²) in [5.41, 5.74) is 8.57. The Hall–Kier alpha value is -4.60. The highest BCUT2D eigenvalue weighted by Crippen LogP contribution is 2.50. The molecule has 1 atom stereocenters. The summed E-state index contributed by atoms with van der Waals surface area (Å²) in [7, 11) is 0. The van der Waals surface area contributed by atoms with Crippen molar-refractivity contribution in [2.75, 3.05) is 0 Å². The van der Waals surface area contributed by atoms with Crippen molar-refractivity contribution in [2.45, 2.75) is 26.2 Å². The minimum Gasteiger partial charge on any atom is -0.290 e. The minimum atomic E-state index is -0.511. The number of benzene rings is 2. The number of fused-ring (bicyclic) bond motifs is 3. The van der Waals surface area contributed by atoms with Crippen LogP contribution in [0.3, 0.4) is 0 Å². The molecule has 1 unspecified atom stereocenters. The van der Waals surface area contributed by atoms with E-state index in [1.54, 1.807) is 0 Å². The van der Waals surface area contributed by atoms with Gasteiger partial charge in [0.25, 0.3) is 0 Å². The van der Waals surface area contributed by atoms with Crippen LogP contribution in [0.5, 0.6) is 0 Å². The van der Waals surface area contributed by atoms with Gasteiger partial charge >= 0.3 is 0 Å². The van der Waals surface area contributed by atoms with Gasteiger partial charge < -0.3 is 0 Å². The Balaban J connectivity index is 1.43. The smallest absolute Gasteiger partial charge is 0.156 e. The van der Waals surface area contributed by atoms with E-state index in [2.05, 4.69) is 78.5 Å². The quantitative estimate of drug-likeness (QED) is 0.276. The second-order valence-corrected chi connectivity index (χ2v) is 10.6. The van der Waals surface area contributed by atoms with Gasteiger partial charge in [-0.15, -0.1) is 0 Å². The summed E-state index contributed by atoms with van der Waals surface area (Å²) >= 11 is 4.27. The first-order valence-electron chi connectivity index (χ1n) is 13.3. The second kappa shape index (κ2) is 9.55. The Morgan fingerprint density at radius 1 is 1.02 bits per heavy atom. The van der Waals surface area contributed by atoms with Crippen LogP contribution in [-0.4, -0.2) is 27.1 Å². The van der Waals surface area contributed by atoms with Gasteiger partial charge in [-0.1, -0.05) is 78.8 Å². The molecule has 4 aliphatic rings. The molecule has 0 fully saturated rings. The zero-order valence-corrected chi connectivity index (χ0v) is 22.8. The Kier molecular flexibility index (Phi) is 5.83. The standard InChI is InChI=1S/C34H25N5S/c1-34-19-18-23(31-24-14-8-9-15-27(24)36-33(38-31)22-12-6-3-7-13-22)20-28(34)37-30(21-10-4-2-5-11-21)25-16-17-26(35)32(39-40)29(25)34/h2-6,8-12,14-15,18,20,35,40H,7,13,19H2,1H3. The molecular weight excluding hydrogens is 510 g/mol. The van der Waals surface area contributed by atoms with Crippen molar-refractivity contribution in [3.05, 3.63) is 119 Å². The van der Waals surface area contributed by atoms with Crippen LogP contribution >= 0.6 is 12.8 Å². The Morgan fingerprint density at radius 3 is 2.65 bits per heavy atom. The number of dihydropyridines is 1. The van der Waals surface area contributed by atoms with Gasteiger partial charge in [0.05, 0.1) is 28.2 Å². The minimum absolute atomic E-state index is 0.180. The van der Waals surface area contributed by atoms with Gasteiger partial charge in [0.15, 0.2) is 5.82 Å². The number of aromatic nitrogens is 2. The van der Waals surface area contributed by atoms with Crippen molar-refractivity contribution in [2.24, 2.45) is 14.8 Å². The molecule has 0 saturated carbocycles. The fourth-order valence-corrected chi connectivity index (χ4v) is 6.05. The lowest BCUT2D eigenvalue weighted by Gasteiger charge is -2.40. The lowest BCUT2D eigenvalue weighted by Crippen LogP contribution is -2.38. The summed E-state index contributed by atoms with van der Waals surface area (Å²) < 4.78 is 4.25. The third-order valence-electron chi connectivity index (χ3n) is 7.97. The molecule has 0 bridgehead atoms. The van der Waals surface area contributed by atoms with Crippen molar-refractivity contribution in [3.63, 3.8) is 0 Å². The largest absolute Gasteiger partial charge is 0.290 e. The van der Waals surface area contributed by atoms with E-state index in [4.69, 9.17) is 20.4 Å². The van der Waals surface area contributed by atoms with Gasteiger partial charge in [0.1, 0.15) is 11.4 Å². The third kappa shape index (κ3) is 3.85. The number of para-hydroxylation sites is 1. The molecule has 2 aromatic carbocycles. The average Bonchev–Trinajstić information content (AvgIpc) is 3.01. The number of nitrogens with zero attached hydrogens (tertiary/aromatic N) is 4. The molecule has 0 spiro atoms. The molecule has 2 heterocycles. The van der Waals surface area contributed by atoms with Gasteiger partial charge in [-0.2, -0.15) is 0 Å². The summed E-state index contributed by atoms with van der Waals surface area (Å²) in [6.45, 7) is 2.16. The second-order valence-electron chi connectivity index (χ2n) is 10.4. The molecule has 0 amide bonds. The zero-order valence-electron chi connectivity index (χ0n) is 21.9. The van der Waals surface area contributed by atoms with Crippen LogP contribution in [0, 0.1) is 22.7 Å². The Morgan fingerprint density at radius 2 is 1.85 bits per heavy atom. The molecular formula is C34H25N5S. The zero-order chi connectivity index (χ0) is 27.3. The molecule has 3 aromatic rings. The highest BCUT2D eigenvalue weighted by molar-refractivity contribution is 7.79. The molecule has 3 aliphatic carbocycles. The van der Waals surface area contributed by atoms with Crippen molar-refractivity contribution in [1.82, 2.24) is 9.97 Å². The van der Waals surface area contributed by atoms with Gasteiger partial charge in [0.2, 0.25) is 0 Å². The van der Waals surface area contributed by atoms with Gasteiger partial charge in [-0.25, -0.2) is 14.4 Å². The number of nitrogens with one attached hydrogen (secondary N) is 1. The topological polar surface area (TPSA) is 74.3 Å². The van der Waals surface area contributed by atoms with Gasteiger partial charge in [-0.05, 0) is 68.2 Å². The van der Waals surface area contributed by atoms with Gasteiger partial charge in [-0.3, -0.25) is 10.4 Å². The lowest BCUT2D eigenvalue weighted by molar-refractivity contribution is 0.490. The fourth-order valence-electron chi connectivity index (χ4n) is 5.85. The molecule has 40 heavy (non-hydrogen) atoms. The van der Waals surface area contributed by atoms with Crippen molar-refractivity contribution < 1.29 is 0 Å². The number of thiol groups is 1. The predicted octanol–water partition coefficient (Wildman–Crippen LogP) is 7.16. The van der Waals surface area contributed by atoms with E-state index >= 15 is 0 Å². The van der Waals surface area contributed by atoms with Crippen LogP contribution < -0.4 is 0 Å². The first-order valence-corrected chi connectivity index (χ1v) is 13.7.